The van der Waals surface area contributed by atoms with Crippen LogP contribution in [-0.2, 0) is 9.84 Å². The second kappa shape index (κ2) is 8.20. The molecule has 0 spiro atoms. The predicted octanol–water partition coefficient (Wildman–Crippen LogP) is 4.67. The first-order valence-corrected chi connectivity index (χ1v) is 11.4. The van der Waals surface area contributed by atoms with Gasteiger partial charge in [0.2, 0.25) is 26.6 Å². The highest BCUT2D eigenvalue weighted by molar-refractivity contribution is 7.91. The number of aromatic nitrogens is 1. The van der Waals surface area contributed by atoms with Gasteiger partial charge in [0, 0.05) is 23.2 Å². The number of benzene rings is 2. The first-order valence-electron chi connectivity index (χ1n) is 9.50. The molecule has 4 rings (SSSR count). The molecule has 2 aromatic carbocycles. The molecule has 7 nitrogen and oxygen atoms in total. The van der Waals surface area contributed by atoms with Crippen molar-refractivity contribution in [3.8, 4) is 23.0 Å². The van der Waals surface area contributed by atoms with E-state index >= 15 is 0 Å². The molecular formula is C21H21ClN2O5S. The smallest absolute Gasteiger partial charge is 0.233 e. The molecule has 0 atom stereocenters. The van der Waals surface area contributed by atoms with Gasteiger partial charge in [-0.1, -0.05) is 31.5 Å². The number of halogens is 1. The van der Waals surface area contributed by atoms with Crippen molar-refractivity contribution in [2.45, 2.75) is 23.8 Å². The lowest BCUT2D eigenvalue weighted by atomic mass is 10.2. The van der Waals surface area contributed by atoms with Crippen molar-refractivity contribution in [3.05, 3.63) is 47.5 Å². The van der Waals surface area contributed by atoms with Crippen molar-refractivity contribution >= 4 is 27.3 Å². The molecule has 1 aliphatic heterocycles. The largest absolute Gasteiger partial charge is 0.486 e. The fraction of sp³-hybridized carbons (Fsp3) is 0.286. The van der Waals surface area contributed by atoms with Crippen molar-refractivity contribution in [3.63, 3.8) is 0 Å². The van der Waals surface area contributed by atoms with E-state index in [1.165, 1.54) is 12.1 Å². The Morgan fingerprint density at radius 2 is 1.87 bits per heavy atom. The second-order valence-corrected chi connectivity index (χ2v) is 9.55. The average Bonchev–Trinajstić information content (AvgIpc) is 3.17. The Morgan fingerprint density at radius 3 is 2.60 bits per heavy atom. The van der Waals surface area contributed by atoms with Crippen molar-refractivity contribution in [1.82, 2.24) is 4.98 Å². The molecule has 0 unspecified atom stereocenters. The van der Waals surface area contributed by atoms with Crippen LogP contribution in [0.5, 0.6) is 11.5 Å². The van der Waals surface area contributed by atoms with Gasteiger partial charge in [0.15, 0.2) is 11.5 Å². The van der Waals surface area contributed by atoms with Gasteiger partial charge in [0.25, 0.3) is 0 Å². The first-order chi connectivity index (χ1) is 14.3. The normalized spacial score (nSPS) is 13.5. The highest BCUT2D eigenvalue weighted by Gasteiger charge is 2.30. The van der Waals surface area contributed by atoms with Crippen LogP contribution in [0, 0.1) is 5.92 Å². The summed E-state index contributed by atoms with van der Waals surface area (Å²) in [4.78, 5) is 4.36. The highest BCUT2D eigenvalue weighted by atomic mass is 35.5. The molecule has 2 heterocycles. The fourth-order valence-electron chi connectivity index (χ4n) is 2.94. The number of nitrogens with zero attached hydrogens (tertiary/aromatic N) is 1. The number of oxazole rings is 1. The van der Waals surface area contributed by atoms with Crippen molar-refractivity contribution in [2.75, 3.05) is 25.1 Å². The van der Waals surface area contributed by atoms with Gasteiger partial charge in [-0.05, 0) is 36.2 Å². The van der Waals surface area contributed by atoms with E-state index in [-0.39, 0.29) is 27.6 Å². The summed E-state index contributed by atoms with van der Waals surface area (Å²) in [5.41, 5.74) is 0.582. The molecule has 0 saturated heterocycles. The molecule has 0 radical (unpaired) electrons. The summed E-state index contributed by atoms with van der Waals surface area (Å²) in [7, 11) is -3.98. The molecule has 0 fully saturated rings. The molecule has 9 heteroatoms. The third-order valence-corrected chi connectivity index (χ3v) is 6.31. The fourth-order valence-corrected chi connectivity index (χ4v) is 4.43. The van der Waals surface area contributed by atoms with E-state index < -0.39 is 9.84 Å². The Morgan fingerprint density at radius 1 is 1.10 bits per heavy atom. The number of ether oxygens (including phenoxy) is 2. The topological polar surface area (TPSA) is 90.7 Å². The second-order valence-electron chi connectivity index (χ2n) is 7.25. The lowest BCUT2D eigenvalue weighted by Gasteiger charge is -2.18. The van der Waals surface area contributed by atoms with Crippen LogP contribution in [0.25, 0.3) is 11.5 Å². The molecule has 3 aromatic rings. The zero-order chi connectivity index (χ0) is 21.3. The maximum absolute atomic E-state index is 13.4. The van der Waals surface area contributed by atoms with Crippen LogP contribution in [0.3, 0.4) is 0 Å². The maximum atomic E-state index is 13.4. The van der Waals surface area contributed by atoms with E-state index in [2.05, 4.69) is 10.3 Å². The zero-order valence-electron chi connectivity index (χ0n) is 16.5. The van der Waals surface area contributed by atoms with Crippen LogP contribution < -0.4 is 14.8 Å². The number of hydrogen-bond acceptors (Lipinski definition) is 7. The van der Waals surface area contributed by atoms with Gasteiger partial charge in [-0.2, -0.15) is 4.98 Å². The summed E-state index contributed by atoms with van der Waals surface area (Å²) in [5, 5.41) is 3.37. The first kappa shape index (κ1) is 20.6. The van der Waals surface area contributed by atoms with Crippen LogP contribution in [0.4, 0.5) is 5.88 Å². The van der Waals surface area contributed by atoms with Gasteiger partial charge < -0.3 is 19.2 Å². The van der Waals surface area contributed by atoms with Gasteiger partial charge in [0.05, 0.1) is 4.90 Å². The summed E-state index contributed by atoms with van der Waals surface area (Å²) in [6.45, 7) is 5.33. The summed E-state index contributed by atoms with van der Waals surface area (Å²) in [6.07, 6.45) is 0. The molecule has 1 aliphatic rings. The number of rotatable bonds is 6. The molecule has 0 amide bonds. The number of nitrogens with one attached hydrogen (secondary N) is 1. The summed E-state index contributed by atoms with van der Waals surface area (Å²) >= 11 is 6.07. The number of anilines is 1. The standard InChI is InChI=1S/C21H21ClN2O5S/c1-13(2)12-23-20-21(24-19(29-20)14-4-3-5-15(22)10-14)30(25,26)16-6-7-17-18(11-16)28-9-8-27-17/h3-7,10-11,13,23H,8-9,12H2,1-2H3. The average molecular weight is 449 g/mol. The molecule has 30 heavy (non-hydrogen) atoms. The van der Waals surface area contributed by atoms with E-state index in [9.17, 15) is 8.42 Å². The Labute approximate surface area is 179 Å². The van der Waals surface area contributed by atoms with Gasteiger partial charge in [-0.3, -0.25) is 0 Å². The Balaban J connectivity index is 1.79. The highest BCUT2D eigenvalue weighted by Crippen LogP contribution is 2.37. The molecule has 0 saturated carbocycles. The molecule has 0 aliphatic carbocycles. The van der Waals surface area contributed by atoms with E-state index in [0.717, 1.165) is 0 Å². The van der Waals surface area contributed by atoms with E-state index in [1.807, 2.05) is 13.8 Å². The van der Waals surface area contributed by atoms with Crippen LogP contribution in [0.1, 0.15) is 13.8 Å². The van der Waals surface area contributed by atoms with E-state index in [4.69, 9.17) is 25.5 Å². The molecule has 0 bridgehead atoms. The Kier molecular flexibility index (Phi) is 5.62. The SMILES string of the molecule is CC(C)CNc1oc(-c2cccc(Cl)c2)nc1S(=O)(=O)c1ccc2c(c1)OCCO2. The van der Waals surface area contributed by atoms with Gasteiger partial charge >= 0.3 is 0 Å². The minimum atomic E-state index is -3.98. The van der Waals surface area contributed by atoms with Crippen LogP contribution in [0.15, 0.2) is 56.8 Å². The Hall–Kier alpha value is -2.71. The summed E-state index contributed by atoms with van der Waals surface area (Å²) in [5.74, 6) is 1.43. The number of fused-ring (bicyclic) bond motifs is 1. The molecular weight excluding hydrogens is 428 g/mol. The van der Waals surface area contributed by atoms with E-state index in [0.29, 0.717) is 41.8 Å². The minimum absolute atomic E-state index is 0.0466. The van der Waals surface area contributed by atoms with Gasteiger partial charge in [-0.25, -0.2) is 8.42 Å². The van der Waals surface area contributed by atoms with Crippen molar-refractivity contribution < 1.29 is 22.3 Å². The van der Waals surface area contributed by atoms with Gasteiger partial charge in [0.1, 0.15) is 13.2 Å². The van der Waals surface area contributed by atoms with Crippen LogP contribution in [0.2, 0.25) is 5.02 Å². The molecule has 1 aromatic heterocycles. The monoisotopic (exact) mass is 448 g/mol. The zero-order valence-corrected chi connectivity index (χ0v) is 18.1. The quantitative estimate of drug-likeness (QED) is 0.586. The number of hydrogen-bond donors (Lipinski definition) is 1. The van der Waals surface area contributed by atoms with Crippen molar-refractivity contribution in [1.29, 1.82) is 0 Å². The lowest BCUT2D eigenvalue weighted by Crippen LogP contribution is -2.16. The van der Waals surface area contributed by atoms with Crippen LogP contribution >= 0.6 is 11.6 Å². The lowest BCUT2D eigenvalue weighted by molar-refractivity contribution is 0.171. The Bertz CT molecular complexity index is 1170. The van der Waals surface area contributed by atoms with Crippen LogP contribution in [-0.4, -0.2) is 33.2 Å². The van der Waals surface area contributed by atoms with E-state index in [1.54, 1.807) is 30.3 Å². The third-order valence-electron chi connectivity index (χ3n) is 4.42. The molecule has 158 valence electrons. The number of sulfone groups is 1. The predicted molar refractivity (Wildman–Crippen MR) is 113 cm³/mol. The van der Waals surface area contributed by atoms with Crippen molar-refractivity contribution in [2.24, 2.45) is 5.92 Å². The molecule has 1 N–H and O–H groups in total. The van der Waals surface area contributed by atoms with Gasteiger partial charge in [-0.15, -0.1) is 0 Å². The third kappa shape index (κ3) is 4.11. The summed E-state index contributed by atoms with van der Waals surface area (Å²) < 4.78 is 43.6. The maximum Gasteiger partial charge on any atom is 0.233 e. The minimum Gasteiger partial charge on any atom is -0.486 e. The summed E-state index contributed by atoms with van der Waals surface area (Å²) in [6, 6.07) is 11.4.